The molecule has 13 nitrogen and oxygen atoms in total. The largest absolute Gasteiger partial charge is 0.385 e. The first-order chi connectivity index (χ1) is 16.5. The molecule has 7 N–H and O–H groups in total. The van der Waals surface area contributed by atoms with E-state index in [1.807, 2.05) is 6.92 Å². The fraction of sp³-hybridized carbons (Fsp3) is 0.636. The van der Waals surface area contributed by atoms with Crippen molar-refractivity contribution in [2.24, 2.45) is 22.6 Å². The summed E-state index contributed by atoms with van der Waals surface area (Å²) in [6, 6.07) is -1.75. The summed E-state index contributed by atoms with van der Waals surface area (Å²) >= 11 is 0. The third-order valence-electron chi connectivity index (χ3n) is 7.79. The Morgan fingerprint density at radius 1 is 1.03 bits per heavy atom. The first-order valence-electron chi connectivity index (χ1n) is 11.8. The second-order valence-electron chi connectivity index (χ2n) is 10.0. The molecule has 13 heteroatoms. The van der Waals surface area contributed by atoms with Crippen molar-refractivity contribution in [3.05, 3.63) is 11.4 Å². The van der Waals surface area contributed by atoms with Crippen molar-refractivity contribution in [1.82, 2.24) is 20.0 Å². The van der Waals surface area contributed by atoms with E-state index < -0.39 is 53.1 Å². The van der Waals surface area contributed by atoms with Crippen LogP contribution in [0, 0.1) is 5.41 Å². The van der Waals surface area contributed by atoms with Crippen molar-refractivity contribution in [2.75, 3.05) is 13.1 Å². The molecule has 0 unspecified atom stereocenters. The molecular weight excluding hydrogens is 458 g/mol. The number of carbonyl (C=O) groups is 6. The number of hydrogen-bond donors (Lipinski definition) is 4. The molecule has 190 valence electrons. The van der Waals surface area contributed by atoms with Gasteiger partial charge in [0.05, 0.1) is 0 Å². The zero-order valence-corrected chi connectivity index (χ0v) is 19.7. The zero-order chi connectivity index (χ0) is 25.7. The highest BCUT2D eigenvalue weighted by Crippen LogP contribution is 2.60. The summed E-state index contributed by atoms with van der Waals surface area (Å²) in [6.45, 7) is 1.74. The molecule has 0 radical (unpaired) electrons. The third kappa shape index (κ3) is 3.78. The molecule has 0 atom stereocenters. The number of urea groups is 2. The summed E-state index contributed by atoms with van der Waals surface area (Å²) in [4.78, 5) is 78.5. The Labute approximate surface area is 202 Å². The molecule has 2 saturated heterocycles. The maximum atomic E-state index is 13.2. The quantitative estimate of drug-likeness (QED) is 0.211. The van der Waals surface area contributed by atoms with Gasteiger partial charge in [-0.2, -0.15) is 0 Å². The lowest BCUT2D eigenvalue weighted by Crippen LogP contribution is -2.66. The Bertz CT molecular complexity index is 1030. The van der Waals surface area contributed by atoms with Gasteiger partial charge in [-0.05, 0) is 50.4 Å². The molecule has 0 aromatic carbocycles. The normalized spacial score (nSPS) is 30.9. The van der Waals surface area contributed by atoms with E-state index >= 15 is 0 Å². The Balaban J connectivity index is 1.49. The first-order valence-corrected chi connectivity index (χ1v) is 11.8. The van der Waals surface area contributed by atoms with Gasteiger partial charge in [0.1, 0.15) is 23.5 Å². The number of rotatable bonds is 6. The Hall–Kier alpha value is -3.64. The lowest BCUT2D eigenvalue weighted by molar-refractivity contribution is -0.147. The molecule has 2 aliphatic heterocycles. The predicted octanol–water partition coefficient (Wildman–Crippen LogP) is -0.795. The van der Waals surface area contributed by atoms with Crippen LogP contribution >= 0.6 is 0 Å². The highest BCUT2D eigenvalue weighted by atomic mass is 16.2. The zero-order valence-electron chi connectivity index (χ0n) is 19.7. The Morgan fingerprint density at radius 3 is 2.20 bits per heavy atom. The van der Waals surface area contributed by atoms with Gasteiger partial charge in [0.2, 0.25) is 5.91 Å². The number of unbranched alkanes of at least 4 members (excludes halogenated alkanes) is 1. The summed E-state index contributed by atoms with van der Waals surface area (Å²) < 4.78 is 0. The van der Waals surface area contributed by atoms with E-state index in [4.69, 9.17) is 17.2 Å². The summed E-state index contributed by atoms with van der Waals surface area (Å²) in [5.74, 6) is -3.11. The number of amides is 8. The SMILES string of the molecule is CCCCN1C(=O)C(=C(N)N)C(=O)N(C2CCC3(CC2)CC2(C3)C(=O)NC(=O)N2CC(N)=O)C1=O. The van der Waals surface area contributed by atoms with Crippen LogP contribution in [0.5, 0.6) is 0 Å². The molecule has 8 amide bonds. The van der Waals surface area contributed by atoms with Crippen molar-refractivity contribution < 1.29 is 28.8 Å². The van der Waals surface area contributed by atoms with Gasteiger partial charge >= 0.3 is 12.1 Å². The van der Waals surface area contributed by atoms with Gasteiger partial charge in [-0.1, -0.05) is 13.3 Å². The fourth-order valence-electron chi connectivity index (χ4n) is 6.08. The second kappa shape index (κ2) is 8.54. The van der Waals surface area contributed by atoms with Crippen molar-refractivity contribution in [2.45, 2.75) is 69.9 Å². The second-order valence-corrected chi connectivity index (χ2v) is 10.0. The molecule has 4 fully saturated rings. The lowest BCUT2D eigenvalue weighted by atomic mass is 9.51. The van der Waals surface area contributed by atoms with Crippen LogP contribution in [0.3, 0.4) is 0 Å². The van der Waals surface area contributed by atoms with Crippen LogP contribution in [0.4, 0.5) is 9.59 Å². The van der Waals surface area contributed by atoms with Gasteiger partial charge in [0.15, 0.2) is 0 Å². The lowest BCUT2D eigenvalue weighted by Gasteiger charge is -2.58. The van der Waals surface area contributed by atoms with E-state index in [9.17, 15) is 28.8 Å². The molecule has 35 heavy (non-hydrogen) atoms. The standard InChI is InChI=1S/C22H31N7O6/c1-2-3-8-27-16(31)14(15(24)25)17(32)29(20(27)35)12-4-6-21(7-5-12)10-22(11-21)18(33)26-19(34)28(22)9-13(23)30/h12H,2-11,24-25H2,1H3,(H2,23,30)(H,26,33,34). The predicted molar refractivity (Wildman–Crippen MR) is 120 cm³/mol. The number of hydrogen-bond acceptors (Lipinski definition) is 8. The van der Waals surface area contributed by atoms with Crippen molar-refractivity contribution in [1.29, 1.82) is 0 Å². The van der Waals surface area contributed by atoms with E-state index in [-0.39, 0.29) is 24.1 Å². The first kappa shape index (κ1) is 24.5. The smallest absolute Gasteiger partial charge is 0.334 e. The number of barbiturate groups is 1. The molecule has 2 spiro atoms. The Morgan fingerprint density at radius 2 is 1.66 bits per heavy atom. The van der Waals surface area contributed by atoms with Gasteiger partial charge in [0.25, 0.3) is 17.7 Å². The van der Waals surface area contributed by atoms with E-state index in [0.717, 1.165) is 16.2 Å². The third-order valence-corrected chi connectivity index (χ3v) is 7.79. The monoisotopic (exact) mass is 489 g/mol. The maximum Gasteiger partial charge on any atom is 0.334 e. The molecule has 2 aliphatic carbocycles. The summed E-state index contributed by atoms with van der Waals surface area (Å²) in [5.41, 5.74) is 14.8. The molecule has 4 aliphatic rings. The van der Waals surface area contributed by atoms with E-state index in [1.165, 1.54) is 4.90 Å². The van der Waals surface area contributed by atoms with Crippen LogP contribution < -0.4 is 22.5 Å². The van der Waals surface area contributed by atoms with Gasteiger partial charge < -0.3 is 22.1 Å². The molecule has 2 heterocycles. The topological polar surface area (TPSA) is 202 Å². The highest BCUT2D eigenvalue weighted by molar-refractivity contribution is 6.29. The van der Waals surface area contributed by atoms with Crippen LogP contribution in [0.2, 0.25) is 0 Å². The molecule has 0 aromatic heterocycles. The van der Waals surface area contributed by atoms with Crippen LogP contribution in [-0.2, 0) is 19.2 Å². The van der Waals surface area contributed by atoms with Gasteiger partial charge in [-0.15, -0.1) is 0 Å². The summed E-state index contributed by atoms with van der Waals surface area (Å²) in [7, 11) is 0. The number of primary amides is 1. The molecule has 0 bridgehead atoms. The number of imide groups is 3. The van der Waals surface area contributed by atoms with Gasteiger partial charge in [-0.25, -0.2) is 9.59 Å². The molecule has 4 rings (SSSR count). The average Bonchev–Trinajstić information content (AvgIpc) is 2.98. The summed E-state index contributed by atoms with van der Waals surface area (Å²) in [6.07, 6.45) is 4.21. The number of carbonyl (C=O) groups excluding carboxylic acids is 6. The summed E-state index contributed by atoms with van der Waals surface area (Å²) in [5, 5.41) is 2.28. The van der Waals surface area contributed by atoms with Crippen molar-refractivity contribution in [3.63, 3.8) is 0 Å². The van der Waals surface area contributed by atoms with Gasteiger partial charge in [-0.3, -0.25) is 34.3 Å². The molecule has 2 saturated carbocycles. The number of nitrogens with one attached hydrogen (secondary N) is 1. The highest BCUT2D eigenvalue weighted by Gasteiger charge is 2.66. The minimum absolute atomic E-state index is 0.159. The minimum atomic E-state index is -1.09. The van der Waals surface area contributed by atoms with Crippen LogP contribution in [0.25, 0.3) is 0 Å². The van der Waals surface area contributed by atoms with Crippen LogP contribution in [0.15, 0.2) is 11.4 Å². The molecular formula is C22H31N7O6. The number of nitrogens with zero attached hydrogens (tertiary/aromatic N) is 3. The Kier molecular flexibility index (Phi) is 5.97. The van der Waals surface area contributed by atoms with Crippen LogP contribution in [-0.4, -0.2) is 75.1 Å². The maximum absolute atomic E-state index is 13.2. The van der Waals surface area contributed by atoms with Crippen LogP contribution in [0.1, 0.15) is 58.3 Å². The fourth-order valence-corrected chi connectivity index (χ4v) is 6.08. The number of nitrogens with two attached hydrogens (primary N) is 3. The van der Waals surface area contributed by atoms with E-state index in [0.29, 0.717) is 44.9 Å². The average molecular weight is 490 g/mol. The van der Waals surface area contributed by atoms with E-state index in [2.05, 4.69) is 5.32 Å². The van der Waals surface area contributed by atoms with Crippen molar-refractivity contribution >= 4 is 35.7 Å². The van der Waals surface area contributed by atoms with Crippen molar-refractivity contribution in [3.8, 4) is 0 Å². The minimum Gasteiger partial charge on any atom is -0.385 e. The molecule has 0 aromatic rings. The van der Waals surface area contributed by atoms with E-state index in [1.54, 1.807) is 0 Å². The van der Waals surface area contributed by atoms with Gasteiger partial charge in [0, 0.05) is 12.6 Å².